The van der Waals surface area contributed by atoms with Gasteiger partial charge in [-0.2, -0.15) is 0 Å². The second-order valence-corrected chi connectivity index (χ2v) is 8.70. The molecule has 3 rings (SSSR count). The van der Waals surface area contributed by atoms with E-state index in [0.29, 0.717) is 30.3 Å². The molecule has 0 radical (unpaired) electrons. The Labute approximate surface area is 181 Å². The lowest BCUT2D eigenvalue weighted by Gasteiger charge is -2.17. The van der Waals surface area contributed by atoms with Gasteiger partial charge < -0.3 is 15.5 Å². The van der Waals surface area contributed by atoms with Gasteiger partial charge in [-0.05, 0) is 60.7 Å². The molecule has 1 fully saturated rings. The standard InChI is InChI=1S/C23H27N3O3S/c1-15(2)12-21(27)24-17-4-6-18(7-5-17)25-23(29)16-13-22(28)26(14-16)19-8-10-20(30-3)11-9-19/h4-11,15-16H,12-14H2,1-3H3,(H,24,27)(H,25,29). The first kappa shape index (κ1) is 21.9. The van der Waals surface area contributed by atoms with Crippen LogP contribution in [0, 0.1) is 11.8 Å². The highest BCUT2D eigenvalue weighted by atomic mass is 32.2. The number of nitrogens with one attached hydrogen (secondary N) is 2. The Hall–Kier alpha value is -2.80. The molecule has 1 atom stereocenters. The van der Waals surface area contributed by atoms with Crippen molar-refractivity contribution < 1.29 is 14.4 Å². The number of hydrogen-bond acceptors (Lipinski definition) is 4. The van der Waals surface area contributed by atoms with Crippen LogP contribution in [0.5, 0.6) is 0 Å². The van der Waals surface area contributed by atoms with Gasteiger partial charge in [0, 0.05) is 41.3 Å². The fourth-order valence-corrected chi connectivity index (χ4v) is 3.77. The van der Waals surface area contributed by atoms with Crippen LogP contribution >= 0.6 is 11.8 Å². The Kier molecular flexibility index (Phi) is 7.15. The molecule has 0 aliphatic carbocycles. The monoisotopic (exact) mass is 425 g/mol. The lowest BCUT2D eigenvalue weighted by Crippen LogP contribution is -2.28. The molecule has 2 aromatic carbocycles. The van der Waals surface area contributed by atoms with Crippen molar-refractivity contribution in [1.82, 2.24) is 0 Å². The van der Waals surface area contributed by atoms with Crippen LogP contribution in [0.1, 0.15) is 26.7 Å². The van der Waals surface area contributed by atoms with Gasteiger partial charge in [0.15, 0.2) is 0 Å². The minimum atomic E-state index is -0.400. The predicted octanol–water partition coefficient (Wildman–Crippen LogP) is 4.38. The van der Waals surface area contributed by atoms with Crippen LogP contribution in [0.3, 0.4) is 0 Å². The third-order valence-electron chi connectivity index (χ3n) is 4.91. The predicted molar refractivity (Wildman–Crippen MR) is 122 cm³/mol. The SMILES string of the molecule is CSc1ccc(N2CC(C(=O)Nc3ccc(NC(=O)CC(C)C)cc3)CC2=O)cc1. The summed E-state index contributed by atoms with van der Waals surface area (Å²) in [6, 6.07) is 14.8. The molecule has 0 aromatic heterocycles. The van der Waals surface area contributed by atoms with E-state index in [2.05, 4.69) is 10.6 Å². The highest BCUT2D eigenvalue weighted by Crippen LogP contribution is 2.28. The van der Waals surface area contributed by atoms with Gasteiger partial charge >= 0.3 is 0 Å². The Morgan fingerprint density at radius 1 is 1.03 bits per heavy atom. The minimum Gasteiger partial charge on any atom is -0.326 e. The van der Waals surface area contributed by atoms with Crippen LogP contribution in [0.25, 0.3) is 0 Å². The van der Waals surface area contributed by atoms with Crippen molar-refractivity contribution in [3.05, 3.63) is 48.5 Å². The van der Waals surface area contributed by atoms with Gasteiger partial charge in [0.05, 0.1) is 5.92 Å². The van der Waals surface area contributed by atoms with E-state index >= 15 is 0 Å². The Morgan fingerprint density at radius 3 is 2.20 bits per heavy atom. The quantitative estimate of drug-likeness (QED) is 0.645. The van der Waals surface area contributed by atoms with Gasteiger partial charge in [0.2, 0.25) is 17.7 Å². The van der Waals surface area contributed by atoms with Gasteiger partial charge in [-0.3, -0.25) is 14.4 Å². The number of thioether (sulfide) groups is 1. The first-order chi connectivity index (χ1) is 14.4. The molecule has 7 heteroatoms. The number of anilines is 3. The summed E-state index contributed by atoms with van der Waals surface area (Å²) >= 11 is 1.64. The highest BCUT2D eigenvalue weighted by Gasteiger charge is 2.35. The van der Waals surface area contributed by atoms with Gasteiger partial charge in [0.25, 0.3) is 0 Å². The van der Waals surface area contributed by atoms with Crippen molar-refractivity contribution in [2.75, 3.05) is 28.3 Å². The largest absolute Gasteiger partial charge is 0.326 e. The summed E-state index contributed by atoms with van der Waals surface area (Å²) in [5, 5.41) is 5.72. The lowest BCUT2D eigenvalue weighted by molar-refractivity contribution is -0.122. The minimum absolute atomic E-state index is 0.0306. The second kappa shape index (κ2) is 9.80. The average Bonchev–Trinajstić information content (AvgIpc) is 3.11. The van der Waals surface area contributed by atoms with Crippen molar-refractivity contribution in [3.63, 3.8) is 0 Å². The van der Waals surface area contributed by atoms with E-state index in [9.17, 15) is 14.4 Å². The summed E-state index contributed by atoms with van der Waals surface area (Å²) in [4.78, 5) is 39.7. The maximum atomic E-state index is 12.7. The van der Waals surface area contributed by atoms with E-state index in [4.69, 9.17) is 0 Å². The number of benzene rings is 2. The number of amides is 3. The Balaban J connectivity index is 1.57. The molecule has 1 aliphatic rings. The molecule has 0 saturated carbocycles. The summed E-state index contributed by atoms with van der Waals surface area (Å²) in [6.07, 6.45) is 2.66. The first-order valence-electron chi connectivity index (χ1n) is 10.0. The third-order valence-corrected chi connectivity index (χ3v) is 5.65. The summed E-state index contributed by atoms with van der Waals surface area (Å²) in [5.74, 6) is -0.362. The third kappa shape index (κ3) is 5.63. The molecule has 30 heavy (non-hydrogen) atoms. The zero-order valence-corrected chi connectivity index (χ0v) is 18.3. The molecular formula is C23H27N3O3S. The van der Waals surface area contributed by atoms with Crippen molar-refractivity contribution in [1.29, 1.82) is 0 Å². The van der Waals surface area contributed by atoms with Gasteiger partial charge in [0.1, 0.15) is 0 Å². The van der Waals surface area contributed by atoms with Gasteiger partial charge in [-0.15, -0.1) is 11.8 Å². The molecule has 2 N–H and O–H groups in total. The Bertz CT molecular complexity index is 910. The van der Waals surface area contributed by atoms with E-state index in [1.807, 2.05) is 44.4 Å². The van der Waals surface area contributed by atoms with E-state index in [-0.39, 0.29) is 24.1 Å². The van der Waals surface area contributed by atoms with E-state index in [1.165, 1.54) is 0 Å². The number of nitrogens with zero attached hydrogens (tertiary/aromatic N) is 1. The zero-order valence-electron chi connectivity index (χ0n) is 17.5. The molecular weight excluding hydrogens is 398 g/mol. The van der Waals surface area contributed by atoms with Crippen molar-refractivity contribution in [2.24, 2.45) is 11.8 Å². The molecule has 1 heterocycles. The molecule has 1 unspecified atom stereocenters. The van der Waals surface area contributed by atoms with Crippen molar-refractivity contribution in [2.45, 2.75) is 31.6 Å². The normalized spacial score (nSPS) is 16.1. The molecule has 1 aliphatic heterocycles. The topological polar surface area (TPSA) is 78.5 Å². The second-order valence-electron chi connectivity index (χ2n) is 7.82. The average molecular weight is 426 g/mol. The van der Waals surface area contributed by atoms with Crippen molar-refractivity contribution >= 4 is 46.5 Å². The molecule has 2 aromatic rings. The van der Waals surface area contributed by atoms with E-state index < -0.39 is 5.92 Å². The zero-order chi connectivity index (χ0) is 21.7. The van der Waals surface area contributed by atoms with Crippen molar-refractivity contribution in [3.8, 4) is 0 Å². The summed E-state index contributed by atoms with van der Waals surface area (Å²) in [7, 11) is 0. The molecule has 3 amide bonds. The number of hydrogen-bond donors (Lipinski definition) is 2. The van der Waals surface area contributed by atoms with Gasteiger partial charge in [-0.1, -0.05) is 13.8 Å². The summed E-state index contributed by atoms with van der Waals surface area (Å²) in [5.41, 5.74) is 2.14. The first-order valence-corrected chi connectivity index (χ1v) is 11.2. The fraction of sp³-hybridized carbons (Fsp3) is 0.348. The molecule has 1 saturated heterocycles. The van der Waals surface area contributed by atoms with Crippen LogP contribution in [0.4, 0.5) is 17.1 Å². The fourth-order valence-electron chi connectivity index (χ4n) is 3.36. The number of carbonyl (C=O) groups is 3. The summed E-state index contributed by atoms with van der Waals surface area (Å²) in [6.45, 7) is 4.35. The van der Waals surface area contributed by atoms with Crippen LogP contribution < -0.4 is 15.5 Å². The maximum absolute atomic E-state index is 12.7. The van der Waals surface area contributed by atoms with Crippen LogP contribution in [-0.2, 0) is 14.4 Å². The molecule has 6 nitrogen and oxygen atoms in total. The smallest absolute Gasteiger partial charge is 0.229 e. The maximum Gasteiger partial charge on any atom is 0.229 e. The number of rotatable bonds is 7. The summed E-state index contributed by atoms with van der Waals surface area (Å²) < 4.78 is 0. The number of carbonyl (C=O) groups excluding carboxylic acids is 3. The van der Waals surface area contributed by atoms with Crippen LogP contribution in [0.15, 0.2) is 53.4 Å². The lowest BCUT2D eigenvalue weighted by atomic mass is 10.1. The Morgan fingerprint density at radius 2 is 1.63 bits per heavy atom. The van der Waals surface area contributed by atoms with E-state index in [0.717, 1.165) is 10.6 Å². The molecule has 0 bridgehead atoms. The van der Waals surface area contributed by atoms with Crippen LogP contribution in [0.2, 0.25) is 0 Å². The van der Waals surface area contributed by atoms with Crippen LogP contribution in [-0.4, -0.2) is 30.5 Å². The molecule has 158 valence electrons. The molecule has 0 spiro atoms. The van der Waals surface area contributed by atoms with E-state index in [1.54, 1.807) is 40.9 Å². The highest BCUT2D eigenvalue weighted by molar-refractivity contribution is 7.98. The van der Waals surface area contributed by atoms with Gasteiger partial charge in [-0.25, -0.2) is 0 Å².